The minimum Gasteiger partial charge on any atom is -0.466 e. The fourth-order valence-electron chi connectivity index (χ4n) is 2.12. The highest BCUT2D eigenvalue weighted by Gasteiger charge is 2.28. The average molecular weight is 373 g/mol. The maximum absolute atomic E-state index is 12.4. The van der Waals surface area contributed by atoms with Crippen molar-refractivity contribution in [1.82, 2.24) is 0 Å². The lowest BCUT2D eigenvalue weighted by atomic mass is 10.1. The maximum Gasteiger partial charge on any atom is 0.352 e. The number of hydrogen-bond donors (Lipinski definition) is 1. The van der Waals surface area contributed by atoms with Crippen molar-refractivity contribution in [3.8, 4) is 11.8 Å². The molecule has 2 aromatic carbocycles. The average Bonchev–Trinajstić information content (AvgIpc) is 2.67. The van der Waals surface area contributed by atoms with Crippen molar-refractivity contribution >= 4 is 23.5 Å². The Labute approximate surface area is 156 Å². The van der Waals surface area contributed by atoms with Gasteiger partial charge in [-0.1, -0.05) is 41.6 Å². The van der Waals surface area contributed by atoms with Gasteiger partial charge in [-0.3, -0.25) is 0 Å². The summed E-state index contributed by atoms with van der Waals surface area (Å²) in [7, 11) is 1.21. The third kappa shape index (κ3) is 5.09. The Morgan fingerprint density at radius 3 is 2.46 bits per heavy atom. The lowest BCUT2D eigenvalue weighted by Crippen LogP contribution is -2.21. The van der Waals surface area contributed by atoms with Gasteiger partial charge in [0.15, 0.2) is 0 Å². The summed E-state index contributed by atoms with van der Waals surface area (Å²) in [5.74, 6) is 4.24. The number of carbonyl (C=O) groups excluding carboxylic acids is 2. The topological polar surface area (TPSA) is 72.8 Å². The first-order chi connectivity index (χ1) is 12.6. The van der Waals surface area contributed by atoms with Crippen LogP contribution in [0.2, 0.25) is 5.02 Å². The summed E-state index contributed by atoms with van der Waals surface area (Å²) < 4.78 is 10.0. The summed E-state index contributed by atoms with van der Waals surface area (Å²) in [4.78, 5) is 24.4. The molecule has 6 heteroatoms. The summed E-state index contributed by atoms with van der Waals surface area (Å²) in [5, 5.41) is 9.01. The zero-order chi connectivity index (χ0) is 18.9. The maximum atomic E-state index is 12.4. The van der Waals surface area contributed by atoms with Crippen molar-refractivity contribution in [2.45, 2.75) is 12.5 Å². The Kier molecular flexibility index (Phi) is 7.22. The molecule has 0 fully saturated rings. The number of hydrogen-bond acceptors (Lipinski definition) is 5. The molecule has 0 spiro atoms. The van der Waals surface area contributed by atoms with Crippen LogP contribution in [0, 0.1) is 11.8 Å². The molecule has 1 atom stereocenters. The lowest BCUT2D eigenvalue weighted by molar-refractivity contribution is -0.151. The van der Waals surface area contributed by atoms with Crippen molar-refractivity contribution in [3.05, 3.63) is 70.2 Å². The molecule has 0 heterocycles. The van der Waals surface area contributed by atoms with Crippen molar-refractivity contribution < 1.29 is 24.2 Å². The van der Waals surface area contributed by atoms with Gasteiger partial charge in [0, 0.05) is 22.6 Å². The second-order valence-electron chi connectivity index (χ2n) is 5.18. The second-order valence-corrected chi connectivity index (χ2v) is 5.59. The standard InChI is InChI=1S/C20H17ClO5/c1-25-20(24)18(16-7-2-3-8-17(16)21)26-19(23)15-11-9-14(10-12-15)6-4-5-13-22/h2-3,7-12,18,22H,5,13H2,1H3. The minimum absolute atomic E-state index is 0.00558. The van der Waals surface area contributed by atoms with Gasteiger partial charge in [-0.2, -0.15) is 0 Å². The van der Waals surface area contributed by atoms with E-state index in [0.29, 0.717) is 22.6 Å². The van der Waals surface area contributed by atoms with Gasteiger partial charge in [-0.05, 0) is 30.3 Å². The highest BCUT2D eigenvalue weighted by atomic mass is 35.5. The highest BCUT2D eigenvalue weighted by Crippen LogP contribution is 2.27. The molecule has 0 aliphatic carbocycles. The fourth-order valence-corrected chi connectivity index (χ4v) is 2.35. The van der Waals surface area contributed by atoms with E-state index in [1.807, 2.05) is 0 Å². The molecule has 1 unspecified atom stereocenters. The molecule has 0 saturated heterocycles. The third-order valence-electron chi connectivity index (χ3n) is 3.42. The number of ether oxygens (including phenoxy) is 2. The van der Waals surface area contributed by atoms with Crippen LogP contribution < -0.4 is 0 Å². The number of rotatable bonds is 5. The summed E-state index contributed by atoms with van der Waals surface area (Å²) >= 11 is 6.10. The van der Waals surface area contributed by atoms with Crippen LogP contribution in [-0.2, 0) is 14.3 Å². The Hall–Kier alpha value is -2.81. The van der Waals surface area contributed by atoms with E-state index in [-0.39, 0.29) is 12.2 Å². The molecule has 2 aromatic rings. The predicted octanol–water partition coefficient (Wildman–Crippen LogP) is 3.15. The van der Waals surface area contributed by atoms with Crippen molar-refractivity contribution in [3.63, 3.8) is 0 Å². The smallest absolute Gasteiger partial charge is 0.352 e. The number of aliphatic hydroxyl groups is 1. The lowest BCUT2D eigenvalue weighted by Gasteiger charge is -2.17. The Morgan fingerprint density at radius 2 is 1.85 bits per heavy atom. The van der Waals surface area contributed by atoms with E-state index in [1.54, 1.807) is 48.5 Å². The summed E-state index contributed by atoms with van der Waals surface area (Å²) in [6.45, 7) is -0.00558. The number of halogens is 1. The Bertz CT molecular complexity index is 833. The first kappa shape index (κ1) is 19.5. The van der Waals surface area contributed by atoms with Gasteiger partial charge in [0.25, 0.3) is 0 Å². The van der Waals surface area contributed by atoms with E-state index in [1.165, 1.54) is 7.11 Å². The SMILES string of the molecule is COC(=O)C(OC(=O)c1ccc(C#CCCO)cc1)c1ccccc1Cl. The van der Waals surface area contributed by atoms with Crippen LogP contribution >= 0.6 is 11.6 Å². The molecule has 2 rings (SSSR count). The monoisotopic (exact) mass is 372 g/mol. The molecule has 0 aromatic heterocycles. The molecule has 0 aliphatic heterocycles. The largest absolute Gasteiger partial charge is 0.466 e. The molecule has 5 nitrogen and oxygen atoms in total. The zero-order valence-corrected chi connectivity index (χ0v) is 14.8. The van der Waals surface area contributed by atoms with E-state index in [2.05, 4.69) is 11.8 Å². The van der Waals surface area contributed by atoms with Crippen molar-refractivity contribution in [2.75, 3.05) is 13.7 Å². The quantitative estimate of drug-likeness (QED) is 0.644. The minimum atomic E-state index is -1.26. The van der Waals surface area contributed by atoms with Crippen molar-refractivity contribution in [1.29, 1.82) is 0 Å². The van der Waals surface area contributed by atoms with Gasteiger partial charge in [0.05, 0.1) is 19.3 Å². The van der Waals surface area contributed by atoms with Crippen LogP contribution in [0.25, 0.3) is 0 Å². The van der Waals surface area contributed by atoms with Gasteiger partial charge in [-0.15, -0.1) is 0 Å². The van der Waals surface area contributed by atoms with E-state index >= 15 is 0 Å². The predicted molar refractivity (Wildman–Crippen MR) is 96.6 cm³/mol. The number of carbonyl (C=O) groups is 2. The highest BCUT2D eigenvalue weighted by molar-refractivity contribution is 6.31. The zero-order valence-electron chi connectivity index (χ0n) is 14.1. The molecular formula is C20H17ClO5. The number of benzene rings is 2. The molecular weight excluding hydrogens is 356 g/mol. The summed E-state index contributed by atoms with van der Waals surface area (Å²) in [5.41, 5.74) is 1.31. The van der Waals surface area contributed by atoms with E-state index in [0.717, 1.165) is 0 Å². The molecule has 0 amide bonds. The van der Waals surface area contributed by atoms with E-state index in [4.69, 9.17) is 26.2 Å². The van der Waals surface area contributed by atoms with Crippen molar-refractivity contribution in [2.24, 2.45) is 0 Å². The molecule has 0 bridgehead atoms. The summed E-state index contributed by atoms with van der Waals surface area (Å²) in [6.07, 6.45) is -0.882. The Balaban J connectivity index is 2.18. The van der Waals surface area contributed by atoms with Crippen LogP contribution in [0.3, 0.4) is 0 Å². The second kappa shape index (κ2) is 9.62. The first-order valence-electron chi connectivity index (χ1n) is 7.80. The van der Waals surface area contributed by atoms with E-state index < -0.39 is 18.0 Å². The van der Waals surface area contributed by atoms with Gasteiger partial charge < -0.3 is 14.6 Å². The molecule has 1 N–H and O–H groups in total. The number of esters is 2. The first-order valence-corrected chi connectivity index (χ1v) is 8.17. The molecule has 0 aliphatic rings. The molecule has 0 radical (unpaired) electrons. The summed E-state index contributed by atoms with van der Waals surface area (Å²) in [6, 6.07) is 13.0. The molecule has 134 valence electrons. The third-order valence-corrected chi connectivity index (χ3v) is 3.76. The van der Waals surface area contributed by atoms with Gasteiger partial charge >= 0.3 is 11.9 Å². The molecule has 0 saturated carbocycles. The van der Waals surface area contributed by atoms with Crippen LogP contribution in [0.4, 0.5) is 0 Å². The van der Waals surface area contributed by atoms with Crippen LogP contribution in [0.1, 0.15) is 34.0 Å². The normalized spacial score (nSPS) is 11.0. The van der Waals surface area contributed by atoms with E-state index in [9.17, 15) is 9.59 Å². The molecule has 26 heavy (non-hydrogen) atoms. The van der Waals surface area contributed by atoms with Crippen LogP contribution in [0.15, 0.2) is 48.5 Å². The van der Waals surface area contributed by atoms with Gasteiger partial charge in [-0.25, -0.2) is 9.59 Å². The van der Waals surface area contributed by atoms with Gasteiger partial charge in [0.2, 0.25) is 6.10 Å². The Morgan fingerprint density at radius 1 is 1.15 bits per heavy atom. The van der Waals surface area contributed by atoms with Gasteiger partial charge in [0.1, 0.15) is 0 Å². The van der Waals surface area contributed by atoms with Crippen LogP contribution in [-0.4, -0.2) is 30.8 Å². The fraction of sp³-hybridized carbons (Fsp3) is 0.200. The number of methoxy groups -OCH3 is 1. The van der Waals surface area contributed by atoms with Crippen LogP contribution in [0.5, 0.6) is 0 Å². The number of aliphatic hydroxyl groups excluding tert-OH is 1.